The van der Waals surface area contributed by atoms with Gasteiger partial charge < -0.3 is 10.1 Å². The molecule has 0 bridgehead atoms. The van der Waals surface area contributed by atoms with Gasteiger partial charge in [-0.2, -0.15) is 0 Å². The van der Waals surface area contributed by atoms with Gasteiger partial charge in [-0.1, -0.05) is 29.8 Å². The number of aromatic hydroxyl groups is 1. The largest absolute Gasteiger partial charge is 0.494 e. The van der Waals surface area contributed by atoms with Crippen LogP contribution in [0.15, 0.2) is 45.5 Å². The van der Waals surface area contributed by atoms with E-state index in [-0.39, 0.29) is 11.4 Å². The van der Waals surface area contributed by atoms with Gasteiger partial charge in [0.15, 0.2) is 0 Å². The highest BCUT2D eigenvalue weighted by molar-refractivity contribution is 5.85. The number of allylic oxidation sites excluding steroid dienone is 2. The van der Waals surface area contributed by atoms with E-state index in [4.69, 9.17) is 0 Å². The SMILES string of the molecule is CN1CCc2c([nH]c3ccccc23)C1c1c(O)n(CCC2=CCCCC2)c(=O)[nH]c1=O. The average molecular weight is 421 g/mol. The molecule has 1 atom stereocenters. The molecule has 0 saturated carbocycles. The van der Waals surface area contributed by atoms with Gasteiger partial charge in [0.2, 0.25) is 5.88 Å². The Morgan fingerprint density at radius 2 is 1.97 bits per heavy atom. The maximum Gasteiger partial charge on any atom is 0.331 e. The molecule has 0 spiro atoms. The molecule has 0 saturated heterocycles. The van der Waals surface area contributed by atoms with Crippen LogP contribution in [0.25, 0.3) is 10.9 Å². The van der Waals surface area contributed by atoms with E-state index >= 15 is 0 Å². The Kier molecular flexibility index (Phi) is 5.06. The van der Waals surface area contributed by atoms with Crippen molar-refractivity contribution in [2.75, 3.05) is 13.6 Å². The van der Waals surface area contributed by atoms with Crippen molar-refractivity contribution in [1.82, 2.24) is 19.4 Å². The maximum absolute atomic E-state index is 12.9. The van der Waals surface area contributed by atoms with E-state index in [0.717, 1.165) is 42.4 Å². The van der Waals surface area contributed by atoms with Crippen molar-refractivity contribution in [3.8, 4) is 5.88 Å². The topological polar surface area (TPSA) is 94.1 Å². The van der Waals surface area contributed by atoms with Crippen LogP contribution in [0.4, 0.5) is 0 Å². The second kappa shape index (κ2) is 7.89. The summed E-state index contributed by atoms with van der Waals surface area (Å²) in [5.41, 5.74) is 3.56. The first-order valence-electron chi connectivity index (χ1n) is 11.1. The number of H-pyrrole nitrogens is 2. The van der Waals surface area contributed by atoms with Gasteiger partial charge in [-0.25, -0.2) is 4.79 Å². The molecule has 3 aromatic rings. The van der Waals surface area contributed by atoms with Crippen molar-refractivity contribution in [2.24, 2.45) is 0 Å². The van der Waals surface area contributed by atoms with Crippen LogP contribution >= 0.6 is 0 Å². The molecule has 7 nitrogen and oxygen atoms in total. The predicted molar refractivity (Wildman–Crippen MR) is 121 cm³/mol. The van der Waals surface area contributed by atoms with Crippen molar-refractivity contribution in [2.45, 2.75) is 51.1 Å². The van der Waals surface area contributed by atoms with Crippen LogP contribution in [0.3, 0.4) is 0 Å². The van der Waals surface area contributed by atoms with Crippen LogP contribution in [0, 0.1) is 0 Å². The molecule has 3 heterocycles. The molecule has 0 fully saturated rings. The molecule has 0 radical (unpaired) electrons. The number of fused-ring (bicyclic) bond motifs is 3. The summed E-state index contributed by atoms with van der Waals surface area (Å²) < 4.78 is 1.32. The minimum atomic E-state index is -0.557. The summed E-state index contributed by atoms with van der Waals surface area (Å²) in [6.45, 7) is 1.11. The van der Waals surface area contributed by atoms with E-state index < -0.39 is 17.3 Å². The third kappa shape index (κ3) is 3.43. The zero-order valence-corrected chi connectivity index (χ0v) is 17.8. The number of hydrogen-bond acceptors (Lipinski definition) is 4. The van der Waals surface area contributed by atoms with E-state index in [2.05, 4.69) is 27.0 Å². The lowest BCUT2D eigenvalue weighted by Crippen LogP contribution is -2.40. The summed E-state index contributed by atoms with van der Waals surface area (Å²) >= 11 is 0. The van der Waals surface area contributed by atoms with E-state index in [1.165, 1.54) is 28.5 Å². The Hall–Kier alpha value is -3.06. The van der Waals surface area contributed by atoms with Gasteiger partial charge in [-0.05, 0) is 57.2 Å². The number of aromatic amines is 2. The number of hydrogen-bond donors (Lipinski definition) is 3. The number of benzene rings is 1. The molecule has 2 aliphatic rings. The highest BCUT2D eigenvalue weighted by Gasteiger charge is 2.34. The second-order valence-corrected chi connectivity index (χ2v) is 8.70. The van der Waals surface area contributed by atoms with Gasteiger partial charge >= 0.3 is 5.69 Å². The Morgan fingerprint density at radius 3 is 2.77 bits per heavy atom. The highest BCUT2D eigenvalue weighted by Crippen LogP contribution is 2.38. The van der Waals surface area contributed by atoms with Crippen molar-refractivity contribution < 1.29 is 5.11 Å². The molecule has 1 aromatic carbocycles. The first kappa shape index (κ1) is 19.9. The zero-order chi connectivity index (χ0) is 21.5. The summed E-state index contributed by atoms with van der Waals surface area (Å²) in [6.07, 6.45) is 8.29. The molecule has 7 heteroatoms. The lowest BCUT2D eigenvalue weighted by molar-refractivity contribution is 0.250. The summed E-state index contributed by atoms with van der Waals surface area (Å²) in [6, 6.07) is 7.64. The molecule has 1 unspecified atom stereocenters. The van der Waals surface area contributed by atoms with Crippen LogP contribution < -0.4 is 11.2 Å². The summed E-state index contributed by atoms with van der Waals surface area (Å²) in [5.74, 6) is -0.228. The van der Waals surface area contributed by atoms with Gasteiger partial charge in [0.25, 0.3) is 5.56 Å². The van der Waals surface area contributed by atoms with E-state index in [1.807, 2.05) is 25.2 Å². The number of likely N-dealkylation sites (N-methyl/N-ethyl adjacent to an activating group) is 1. The minimum absolute atomic E-state index is 0.228. The first-order chi connectivity index (χ1) is 15.0. The Balaban J connectivity index is 1.59. The minimum Gasteiger partial charge on any atom is -0.494 e. The maximum atomic E-state index is 12.9. The molecule has 162 valence electrons. The number of rotatable bonds is 4. The fourth-order valence-electron chi connectivity index (χ4n) is 5.14. The molecule has 1 aliphatic carbocycles. The number of nitrogens with one attached hydrogen (secondary N) is 2. The molecule has 2 aromatic heterocycles. The van der Waals surface area contributed by atoms with Gasteiger partial charge in [-0.3, -0.25) is 19.2 Å². The summed E-state index contributed by atoms with van der Waals surface area (Å²) in [4.78, 5) is 33.4. The molecule has 0 amide bonds. The van der Waals surface area contributed by atoms with Gasteiger partial charge in [-0.15, -0.1) is 0 Å². The fraction of sp³-hybridized carbons (Fsp3) is 0.417. The van der Waals surface area contributed by atoms with Crippen molar-refractivity contribution in [1.29, 1.82) is 0 Å². The second-order valence-electron chi connectivity index (χ2n) is 8.70. The predicted octanol–water partition coefficient (Wildman–Crippen LogP) is 3.19. The quantitative estimate of drug-likeness (QED) is 0.565. The first-order valence-corrected chi connectivity index (χ1v) is 11.1. The lowest BCUT2D eigenvalue weighted by Gasteiger charge is -2.33. The number of nitrogens with zero attached hydrogens (tertiary/aromatic N) is 2. The van der Waals surface area contributed by atoms with Crippen LogP contribution in [0.5, 0.6) is 5.88 Å². The third-order valence-corrected chi connectivity index (χ3v) is 6.80. The van der Waals surface area contributed by atoms with Gasteiger partial charge in [0, 0.05) is 29.7 Å². The van der Waals surface area contributed by atoms with Crippen LogP contribution in [0.2, 0.25) is 0 Å². The van der Waals surface area contributed by atoms with Crippen molar-refractivity contribution in [3.05, 3.63) is 73.6 Å². The third-order valence-electron chi connectivity index (χ3n) is 6.80. The Labute approximate surface area is 180 Å². The summed E-state index contributed by atoms with van der Waals surface area (Å²) in [5, 5.41) is 12.3. The molecular formula is C24H28N4O3. The van der Waals surface area contributed by atoms with Gasteiger partial charge in [0.05, 0.1) is 6.04 Å². The molecule has 5 rings (SSSR count). The monoisotopic (exact) mass is 420 g/mol. The smallest absolute Gasteiger partial charge is 0.331 e. The van der Waals surface area contributed by atoms with Crippen LogP contribution in [-0.4, -0.2) is 38.1 Å². The average Bonchev–Trinajstić information content (AvgIpc) is 3.14. The molecular weight excluding hydrogens is 392 g/mol. The van der Waals surface area contributed by atoms with Crippen molar-refractivity contribution in [3.63, 3.8) is 0 Å². The number of para-hydroxylation sites is 1. The van der Waals surface area contributed by atoms with E-state index in [0.29, 0.717) is 13.0 Å². The zero-order valence-electron chi connectivity index (χ0n) is 17.8. The lowest BCUT2D eigenvalue weighted by atomic mass is 9.93. The molecule has 3 N–H and O–H groups in total. The Morgan fingerprint density at radius 1 is 1.13 bits per heavy atom. The van der Waals surface area contributed by atoms with Gasteiger partial charge in [0.1, 0.15) is 5.56 Å². The highest BCUT2D eigenvalue weighted by atomic mass is 16.3. The van der Waals surface area contributed by atoms with Crippen LogP contribution in [0.1, 0.15) is 55.0 Å². The van der Waals surface area contributed by atoms with E-state index in [1.54, 1.807) is 0 Å². The van der Waals surface area contributed by atoms with Crippen molar-refractivity contribution >= 4 is 10.9 Å². The van der Waals surface area contributed by atoms with Crippen LogP contribution in [-0.2, 0) is 13.0 Å². The number of aromatic nitrogens is 3. The van der Waals surface area contributed by atoms with E-state index in [9.17, 15) is 14.7 Å². The normalized spacial score (nSPS) is 19.4. The standard InChI is InChI=1S/C24H28N4O3/c1-27-13-12-17-16-9-5-6-10-18(16)25-20(17)21(27)19-22(29)26-24(31)28(23(19)30)14-11-15-7-3-2-4-8-15/h5-7,9-10,21,25,30H,2-4,8,11-14H2,1H3,(H,26,29,31). The Bertz CT molecular complexity index is 1280. The molecule has 1 aliphatic heterocycles. The summed E-state index contributed by atoms with van der Waals surface area (Å²) in [7, 11) is 1.94. The molecule has 31 heavy (non-hydrogen) atoms. The fourth-order valence-corrected chi connectivity index (χ4v) is 5.14.